The summed E-state index contributed by atoms with van der Waals surface area (Å²) >= 11 is 4.25. The van der Waals surface area contributed by atoms with Crippen LogP contribution < -0.4 is 4.90 Å². The van der Waals surface area contributed by atoms with Gasteiger partial charge in [0.1, 0.15) is 0 Å². The minimum Gasteiger partial charge on any atom is -0.312 e. The Morgan fingerprint density at radius 1 is 1.05 bits per heavy atom. The van der Waals surface area contributed by atoms with Crippen LogP contribution in [0.15, 0.2) is 53.4 Å². The van der Waals surface area contributed by atoms with Gasteiger partial charge in [0, 0.05) is 17.1 Å². The lowest BCUT2D eigenvalue weighted by Gasteiger charge is -2.21. The van der Waals surface area contributed by atoms with E-state index in [0.29, 0.717) is 13.0 Å². The molecule has 0 radical (unpaired) electrons. The maximum Gasteiger partial charge on any atom is 0.231 e. The average molecular weight is 285 g/mol. The van der Waals surface area contributed by atoms with Gasteiger partial charge >= 0.3 is 0 Å². The van der Waals surface area contributed by atoms with Crippen molar-refractivity contribution in [1.82, 2.24) is 0 Å². The van der Waals surface area contributed by atoms with Gasteiger partial charge in [0.25, 0.3) is 0 Å². The molecule has 0 aliphatic carbocycles. The number of hydrogen-bond donors (Lipinski definition) is 1. The summed E-state index contributed by atoms with van der Waals surface area (Å²) in [5.74, 6) is 0.114. The van der Waals surface area contributed by atoms with E-state index in [0.717, 1.165) is 16.1 Å². The number of anilines is 1. The number of likely N-dealkylation sites (N-methyl/N-ethyl adjacent to an activating group) is 1. The van der Waals surface area contributed by atoms with E-state index in [4.69, 9.17) is 0 Å². The Bertz CT molecular complexity index is 575. The second kappa shape index (κ2) is 6.62. The van der Waals surface area contributed by atoms with Crippen molar-refractivity contribution in [3.63, 3.8) is 0 Å². The van der Waals surface area contributed by atoms with Crippen LogP contribution in [0.3, 0.4) is 0 Å². The zero-order valence-electron chi connectivity index (χ0n) is 11.8. The van der Waals surface area contributed by atoms with Gasteiger partial charge in [-0.1, -0.05) is 29.8 Å². The van der Waals surface area contributed by atoms with Crippen molar-refractivity contribution >= 4 is 24.2 Å². The predicted molar refractivity (Wildman–Crippen MR) is 86.6 cm³/mol. The van der Waals surface area contributed by atoms with Crippen LogP contribution in [0.4, 0.5) is 5.69 Å². The topological polar surface area (TPSA) is 20.3 Å². The first kappa shape index (κ1) is 14.7. The van der Waals surface area contributed by atoms with Gasteiger partial charge in [0.05, 0.1) is 6.42 Å². The van der Waals surface area contributed by atoms with Gasteiger partial charge in [0.15, 0.2) is 0 Å². The van der Waals surface area contributed by atoms with E-state index < -0.39 is 0 Å². The first-order chi connectivity index (χ1) is 9.60. The zero-order valence-corrected chi connectivity index (χ0v) is 12.7. The number of hydrogen-bond acceptors (Lipinski definition) is 2. The summed E-state index contributed by atoms with van der Waals surface area (Å²) in [4.78, 5) is 15.1. The summed E-state index contributed by atoms with van der Waals surface area (Å²) in [6, 6.07) is 15.8. The maximum absolute atomic E-state index is 12.4. The van der Waals surface area contributed by atoms with Gasteiger partial charge < -0.3 is 4.90 Å². The molecular formula is C17H19NOS. The number of rotatable bonds is 4. The van der Waals surface area contributed by atoms with E-state index in [9.17, 15) is 4.79 Å². The molecule has 0 spiro atoms. The number of nitrogens with zero attached hydrogens (tertiary/aromatic N) is 1. The van der Waals surface area contributed by atoms with Crippen molar-refractivity contribution in [2.24, 2.45) is 0 Å². The minimum atomic E-state index is 0.114. The van der Waals surface area contributed by atoms with Crippen LogP contribution in [0.25, 0.3) is 0 Å². The molecule has 0 unspecified atom stereocenters. The number of carbonyl (C=O) groups is 1. The Labute approximate surface area is 125 Å². The third kappa shape index (κ3) is 3.64. The molecule has 3 heteroatoms. The molecule has 0 heterocycles. The van der Waals surface area contributed by atoms with E-state index in [1.165, 1.54) is 5.56 Å². The third-order valence-corrected chi connectivity index (χ3v) is 3.55. The molecule has 0 saturated carbocycles. The second-order valence-corrected chi connectivity index (χ2v) is 5.33. The molecule has 0 N–H and O–H groups in total. The summed E-state index contributed by atoms with van der Waals surface area (Å²) in [6.07, 6.45) is 0.412. The van der Waals surface area contributed by atoms with Crippen molar-refractivity contribution in [2.45, 2.75) is 25.2 Å². The molecule has 2 nitrogen and oxygen atoms in total. The standard InChI is InChI=1S/C17H19NOS/c1-3-18(15-8-4-13(2)5-9-15)17(19)12-14-6-10-16(20)11-7-14/h4-11,20H,3,12H2,1-2H3. The lowest BCUT2D eigenvalue weighted by molar-refractivity contribution is -0.117. The second-order valence-electron chi connectivity index (χ2n) is 4.82. The molecule has 0 saturated heterocycles. The molecule has 0 aromatic heterocycles. The summed E-state index contributed by atoms with van der Waals surface area (Å²) in [5, 5.41) is 0. The third-order valence-electron chi connectivity index (χ3n) is 3.25. The van der Waals surface area contributed by atoms with Crippen LogP contribution in [0.2, 0.25) is 0 Å². The van der Waals surface area contributed by atoms with Crippen molar-refractivity contribution in [3.05, 3.63) is 59.7 Å². The lowest BCUT2D eigenvalue weighted by atomic mass is 10.1. The van der Waals surface area contributed by atoms with Gasteiger partial charge in [-0.25, -0.2) is 0 Å². The van der Waals surface area contributed by atoms with E-state index >= 15 is 0 Å². The van der Waals surface area contributed by atoms with Crippen molar-refractivity contribution in [3.8, 4) is 0 Å². The van der Waals surface area contributed by atoms with Crippen LogP contribution in [0.1, 0.15) is 18.1 Å². The maximum atomic E-state index is 12.4. The van der Waals surface area contributed by atoms with Crippen LogP contribution >= 0.6 is 12.6 Å². The average Bonchev–Trinajstić information content (AvgIpc) is 2.44. The molecule has 2 rings (SSSR count). The molecule has 1 amide bonds. The fourth-order valence-electron chi connectivity index (χ4n) is 2.11. The zero-order chi connectivity index (χ0) is 14.5. The van der Waals surface area contributed by atoms with Crippen molar-refractivity contribution in [2.75, 3.05) is 11.4 Å². The lowest BCUT2D eigenvalue weighted by Crippen LogP contribution is -2.31. The Balaban J connectivity index is 2.13. The van der Waals surface area contributed by atoms with Crippen LogP contribution in [-0.4, -0.2) is 12.5 Å². The Morgan fingerprint density at radius 2 is 1.65 bits per heavy atom. The Kier molecular flexibility index (Phi) is 4.85. The van der Waals surface area contributed by atoms with Crippen molar-refractivity contribution < 1.29 is 4.79 Å². The summed E-state index contributed by atoms with van der Waals surface area (Å²) < 4.78 is 0. The van der Waals surface area contributed by atoms with Gasteiger partial charge in [-0.2, -0.15) is 0 Å². The highest BCUT2D eigenvalue weighted by Crippen LogP contribution is 2.17. The van der Waals surface area contributed by atoms with Crippen molar-refractivity contribution in [1.29, 1.82) is 0 Å². The largest absolute Gasteiger partial charge is 0.312 e. The smallest absolute Gasteiger partial charge is 0.231 e. The quantitative estimate of drug-likeness (QED) is 0.845. The molecule has 0 bridgehead atoms. The molecule has 0 fully saturated rings. The number of benzene rings is 2. The van der Waals surface area contributed by atoms with E-state index in [1.807, 2.05) is 67.3 Å². The normalized spacial score (nSPS) is 10.3. The number of amides is 1. The fraction of sp³-hybridized carbons (Fsp3) is 0.235. The highest BCUT2D eigenvalue weighted by molar-refractivity contribution is 7.80. The summed E-state index contributed by atoms with van der Waals surface area (Å²) in [5.41, 5.74) is 3.16. The van der Waals surface area contributed by atoms with E-state index in [2.05, 4.69) is 12.6 Å². The van der Waals surface area contributed by atoms with Gasteiger partial charge in [-0.3, -0.25) is 4.79 Å². The number of carbonyl (C=O) groups excluding carboxylic acids is 1. The van der Waals surface area contributed by atoms with Gasteiger partial charge in [0.2, 0.25) is 5.91 Å². The molecule has 104 valence electrons. The monoisotopic (exact) mass is 285 g/mol. The minimum absolute atomic E-state index is 0.114. The molecule has 20 heavy (non-hydrogen) atoms. The van der Waals surface area contributed by atoms with Crippen LogP contribution in [0.5, 0.6) is 0 Å². The molecule has 2 aromatic carbocycles. The van der Waals surface area contributed by atoms with Crippen LogP contribution in [0, 0.1) is 6.92 Å². The van der Waals surface area contributed by atoms with E-state index in [-0.39, 0.29) is 5.91 Å². The molecule has 0 aliphatic rings. The number of aryl methyl sites for hydroxylation is 1. The Morgan fingerprint density at radius 3 is 2.20 bits per heavy atom. The van der Waals surface area contributed by atoms with Gasteiger partial charge in [-0.05, 0) is 43.7 Å². The molecule has 0 atom stereocenters. The van der Waals surface area contributed by atoms with Crippen LogP contribution in [-0.2, 0) is 11.2 Å². The first-order valence-electron chi connectivity index (χ1n) is 6.75. The van der Waals surface area contributed by atoms with Gasteiger partial charge in [-0.15, -0.1) is 12.6 Å². The molecule has 2 aromatic rings. The summed E-state index contributed by atoms with van der Waals surface area (Å²) in [6.45, 7) is 4.71. The first-order valence-corrected chi connectivity index (χ1v) is 7.20. The molecular weight excluding hydrogens is 266 g/mol. The highest BCUT2D eigenvalue weighted by Gasteiger charge is 2.14. The summed E-state index contributed by atoms with van der Waals surface area (Å²) in [7, 11) is 0. The van der Waals surface area contributed by atoms with E-state index in [1.54, 1.807) is 0 Å². The SMILES string of the molecule is CCN(C(=O)Cc1ccc(S)cc1)c1ccc(C)cc1. The fourth-order valence-corrected chi connectivity index (χ4v) is 2.26. The predicted octanol–water partition coefficient (Wildman–Crippen LogP) is 3.88. The molecule has 0 aliphatic heterocycles. The number of thiol groups is 1. The highest BCUT2D eigenvalue weighted by atomic mass is 32.1. The Hall–Kier alpha value is -1.74.